The first-order chi connectivity index (χ1) is 16.5. The van der Waals surface area contributed by atoms with Crippen molar-refractivity contribution in [1.82, 2.24) is 8.87 Å². The van der Waals surface area contributed by atoms with Crippen LogP contribution in [0.2, 0.25) is 0 Å². The van der Waals surface area contributed by atoms with Crippen molar-refractivity contribution in [1.29, 1.82) is 0 Å². The quantitative estimate of drug-likeness (QED) is 0.355. The molecule has 1 aliphatic rings. The van der Waals surface area contributed by atoms with Crippen LogP contribution in [0.3, 0.4) is 0 Å². The summed E-state index contributed by atoms with van der Waals surface area (Å²) in [5, 5.41) is 2.10. The van der Waals surface area contributed by atoms with Crippen LogP contribution in [0.4, 0.5) is 5.69 Å². The third kappa shape index (κ3) is 4.78. The summed E-state index contributed by atoms with van der Waals surface area (Å²) in [7, 11) is -3.42. The summed E-state index contributed by atoms with van der Waals surface area (Å²) in [6.07, 6.45) is 1.86. The maximum Gasteiger partial charge on any atom is 0.243 e. The van der Waals surface area contributed by atoms with Gasteiger partial charge >= 0.3 is 0 Å². The van der Waals surface area contributed by atoms with Gasteiger partial charge in [-0.05, 0) is 55.2 Å². The van der Waals surface area contributed by atoms with Gasteiger partial charge in [-0.15, -0.1) is 11.3 Å². The molecule has 4 aromatic rings. The Morgan fingerprint density at radius 1 is 0.882 bits per heavy atom. The molecule has 7 heteroatoms. The first kappa shape index (κ1) is 22.8. The number of aromatic nitrogens is 1. The molecule has 1 saturated heterocycles. The highest BCUT2D eigenvalue weighted by atomic mass is 32.2. The van der Waals surface area contributed by atoms with Crippen molar-refractivity contribution in [2.75, 3.05) is 13.1 Å². The van der Waals surface area contributed by atoms with Gasteiger partial charge in [0.05, 0.1) is 22.8 Å². The summed E-state index contributed by atoms with van der Waals surface area (Å²) < 4.78 is 29.6. The highest BCUT2D eigenvalue weighted by Crippen LogP contribution is 2.26. The Balaban J connectivity index is 1.54. The molecule has 1 fully saturated rings. The molecule has 0 radical (unpaired) electrons. The number of nitrogens with zero attached hydrogens (tertiary/aromatic N) is 3. The molecule has 2 heterocycles. The van der Waals surface area contributed by atoms with Crippen molar-refractivity contribution < 1.29 is 8.42 Å². The Bertz CT molecular complexity index is 1430. The highest BCUT2D eigenvalue weighted by molar-refractivity contribution is 7.89. The normalized spacial score (nSPS) is 15.1. The molecule has 174 valence electrons. The van der Waals surface area contributed by atoms with Crippen molar-refractivity contribution in [2.45, 2.75) is 31.2 Å². The average molecular weight is 490 g/mol. The molecule has 5 nitrogen and oxygen atoms in total. The van der Waals surface area contributed by atoms with Crippen LogP contribution in [0.5, 0.6) is 0 Å². The number of sulfonamides is 1. The lowest BCUT2D eigenvalue weighted by atomic mass is 10.1. The van der Waals surface area contributed by atoms with Gasteiger partial charge in [-0.25, -0.2) is 13.4 Å². The Kier molecular flexibility index (Phi) is 6.50. The van der Waals surface area contributed by atoms with Crippen molar-refractivity contribution in [3.63, 3.8) is 0 Å². The van der Waals surface area contributed by atoms with Gasteiger partial charge < -0.3 is 4.57 Å². The van der Waals surface area contributed by atoms with Crippen LogP contribution in [-0.2, 0) is 16.6 Å². The molecule has 3 aromatic carbocycles. The second-order valence-corrected chi connectivity index (χ2v) is 11.3. The second kappa shape index (κ2) is 9.70. The fourth-order valence-corrected chi connectivity index (χ4v) is 6.62. The summed E-state index contributed by atoms with van der Waals surface area (Å²) in [6.45, 7) is 3.96. The maximum atomic E-state index is 12.9. The van der Waals surface area contributed by atoms with Gasteiger partial charge in [0.25, 0.3) is 0 Å². The molecule has 0 spiro atoms. The molecule has 1 aromatic heterocycles. The zero-order chi connectivity index (χ0) is 23.5. The molecule has 0 saturated carbocycles. The van der Waals surface area contributed by atoms with Gasteiger partial charge in [0, 0.05) is 18.5 Å². The van der Waals surface area contributed by atoms with E-state index in [1.165, 1.54) is 11.1 Å². The first-order valence-electron chi connectivity index (χ1n) is 11.4. The lowest BCUT2D eigenvalue weighted by molar-refractivity contribution is 0.477. The second-order valence-electron chi connectivity index (χ2n) is 8.56. The molecule has 0 aliphatic carbocycles. The van der Waals surface area contributed by atoms with E-state index in [1.807, 2.05) is 42.5 Å². The van der Waals surface area contributed by atoms with E-state index in [9.17, 15) is 8.42 Å². The molecular formula is C27H27N3O2S2. The summed E-state index contributed by atoms with van der Waals surface area (Å²) in [5.41, 5.74) is 5.28. The van der Waals surface area contributed by atoms with Crippen molar-refractivity contribution in [3.05, 3.63) is 100 Å². The fourth-order valence-electron chi connectivity index (χ4n) is 4.17. The van der Waals surface area contributed by atoms with Crippen LogP contribution in [-0.4, -0.2) is 30.4 Å². The molecule has 0 atom stereocenters. The van der Waals surface area contributed by atoms with Crippen LogP contribution in [0.1, 0.15) is 24.0 Å². The Morgan fingerprint density at radius 2 is 1.56 bits per heavy atom. The van der Waals surface area contributed by atoms with E-state index < -0.39 is 10.0 Å². The molecule has 0 N–H and O–H groups in total. The first-order valence-corrected chi connectivity index (χ1v) is 13.8. The van der Waals surface area contributed by atoms with E-state index in [1.54, 1.807) is 27.8 Å². The van der Waals surface area contributed by atoms with E-state index in [0.717, 1.165) is 34.6 Å². The number of hydrogen-bond acceptors (Lipinski definition) is 4. The number of benzene rings is 3. The summed E-state index contributed by atoms with van der Waals surface area (Å²) >= 11 is 1.59. The van der Waals surface area contributed by atoms with E-state index in [2.05, 4.69) is 41.1 Å². The van der Waals surface area contributed by atoms with Gasteiger partial charge in [0.1, 0.15) is 0 Å². The van der Waals surface area contributed by atoms with Crippen molar-refractivity contribution >= 4 is 27.0 Å². The third-order valence-corrected chi connectivity index (χ3v) is 8.87. The average Bonchev–Trinajstić information content (AvgIpc) is 3.53. The van der Waals surface area contributed by atoms with Crippen LogP contribution in [0.25, 0.3) is 11.3 Å². The Labute approximate surface area is 204 Å². The largest absolute Gasteiger partial charge is 0.312 e. The van der Waals surface area contributed by atoms with E-state index in [-0.39, 0.29) is 0 Å². The van der Waals surface area contributed by atoms with Crippen LogP contribution in [0, 0.1) is 6.92 Å². The number of thiazole rings is 1. The van der Waals surface area contributed by atoms with Gasteiger partial charge in [-0.2, -0.15) is 4.31 Å². The van der Waals surface area contributed by atoms with Crippen molar-refractivity contribution in [2.24, 2.45) is 4.99 Å². The van der Waals surface area contributed by atoms with Crippen LogP contribution >= 0.6 is 11.3 Å². The minimum atomic E-state index is -3.42. The standard InChI is InChI=1S/C27H27N3O2S2/c1-21-9-13-24(14-10-21)28-27-30(19-22-7-3-2-4-8-22)26(20-33-27)23-11-15-25(16-12-23)34(31,32)29-17-5-6-18-29/h2-4,7-16,20H,5-6,17-19H2,1H3. The molecular weight excluding hydrogens is 462 g/mol. The highest BCUT2D eigenvalue weighted by Gasteiger charge is 2.27. The zero-order valence-electron chi connectivity index (χ0n) is 19.1. The molecule has 34 heavy (non-hydrogen) atoms. The monoisotopic (exact) mass is 489 g/mol. The predicted molar refractivity (Wildman–Crippen MR) is 138 cm³/mol. The smallest absolute Gasteiger partial charge is 0.243 e. The summed E-state index contributed by atoms with van der Waals surface area (Å²) in [5.74, 6) is 0. The molecule has 0 unspecified atom stereocenters. The van der Waals surface area contributed by atoms with Gasteiger partial charge in [0.2, 0.25) is 10.0 Å². The lowest BCUT2D eigenvalue weighted by Crippen LogP contribution is -2.27. The lowest BCUT2D eigenvalue weighted by Gasteiger charge is -2.16. The molecule has 5 rings (SSSR count). The van der Waals surface area contributed by atoms with E-state index in [4.69, 9.17) is 4.99 Å². The molecule has 0 amide bonds. The summed E-state index contributed by atoms with van der Waals surface area (Å²) in [4.78, 5) is 6.17. The maximum absolute atomic E-state index is 12.9. The van der Waals surface area contributed by atoms with E-state index in [0.29, 0.717) is 24.5 Å². The number of hydrogen-bond donors (Lipinski definition) is 0. The van der Waals surface area contributed by atoms with Gasteiger partial charge in [-0.3, -0.25) is 0 Å². The number of aryl methyl sites for hydroxylation is 1. The van der Waals surface area contributed by atoms with Gasteiger partial charge in [-0.1, -0.05) is 60.2 Å². The zero-order valence-corrected chi connectivity index (χ0v) is 20.7. The third-order valence-electron chi connectivity index (χ3n) is 6.09. The Morgan fingerprint density at radius 3 is 2.24 bits per heavy atom. The molecule has 1 aliphatic heterocycles. The fraction of sp³-hybridized carbons (Fsp3) is 0.222. The van der Waals surface area contributed by atoms with Crippen LogP contribution < -0.4 is 4.80 Å². The van der Waals surface area contributed by atoms with E-state index >= 15 is 0 Å². The SMILES string of the molecule is Cc1ccc(N=c2scc(-c3ccc(S(=O)(=O)N4CCCC4)cc3)n2Cc2ccccc2)cc1. The van der Waals surface area contributed by atoms with Crippen molar-refractivity contribution in [3.8, 4) is 11.3 Å². The minimum Gasteiger partial charge on any atom is -0.312 e. The Hall–Kier alpha value is -3.00. The molecule has 0 bridgehead atoms. The number of rotatable bonds is 6. The minimum absolute atomic E-state index is 0.354. The topological polar surface area (TPSA) is 54.7 Å². The predicted octanol–water partition coefficient (Wildman–Crippen LogP) is 5.59. The summed E-state index contributed by atoms with van der Waals surface area (Å²) in [6, 6.07) is 25.7. The van der Waals surface area contributed by atoms with Gasteiger partial charge in [0.15, 0.2) is 4.80 Å². The van der Waals surface area contributed by atoms with Crippen LogP contribution in [0.15, 0.2) is 94.1 Å².